The number of nitrogens with zero attached hydrogens (tertiary/aromatic N) is 8. The maximum Gasteiger partial charge on any atom is 0.305 e. The van der Waals surface area contributed by atoms with Crippen LogP contribution in [0.2, 0.25) is 0 Å². The van der Waals surface area contributed by atoms with Crippen LogP contribution >= 0.6 is 0 Å². The average molecular weight is 1630 g/mol. The van der Waals surface area contributed by atoms with Crippen LogP contribution in [0, 0.1) is 0 Å². The Morgan fingerprint density at radius 3 is 0.876 bits per heavy atom. The third-order valence-corrected chi connectivity index (χ3v) is 22.5. The van der Waals surface area contributed by atoms with Crippen molar-refractivity contribution in [2.24, 2.45) is 20.0 Å². The molecule has 18 rings (SSSR count). The molecular formula is C95H86N8O18. The summed E-state index contributed by atoms with van der Waals surface area (Å²) in [5.74, 6) is 2.67. The zero-order chi connectivity index (χ0) is 83.4. The maximum atomic E-state index is 13.9. The van der Waals surface area contributed by atoms with Crippen LogP contribution in [-0.2, 0) is 66.4 Å². The number of ether oxygens (including phenoxy) is 11. The van der Waals surface area contributed by atoms with Gasteiger partial charge in [-0.3, -0.25) is 68.3 Å². The fourth-order valence-corrected chi connectivity index (χ4v) is 16.6. The van der Waals surface area contributed by atoms with Crippen LogP contribution in [-0.4, -0.2) is 138 Å². The summed E-state index contributed by atoms with van der Waals surface area (Å²) in [4.78, 5) is 105. The van der Waals surface area contributed by atoms with E-state index in [4.69, 9.17) is 77.2 Å². The van der Waals surface area contributed by atoms with Gasteiger partial charge in [0, 0.05) is 110 Å². The number of methoxy groups -OCH3 is 5. The Kier molecular flexibility index (Phi) is 22.7. The number of carboxylic acids is 1. The van der Waals surface area contributed by atoms with E-state index in [-0.39, 0.29) is 86.6 Å². The molecule has 4 amide bonds. The number of hydrogen-bond donors (Lipinski definition) is 1. The molecule has 0 saturated heterocycles. The standard InChI is InChI=1S/C48H44N4O9.C47H42N4O9/c1-56-42-21-36-38(49-25-33-19-31-10-4-6-12-40(31)51(33)47(36)54)23-44(42)60-27-29-16-30(18-35(17-29)59-15-9-8-14-46(53)58-3)28-61-45-24-39-37(22-43(45)57-2)48(55)52-34(26-50-39)20-32-11-5-7-13-41(32)52;1-56-41-20-35-37(48-24-32-18-30-9-3-5-11-39(30)50(32)46(35)54)22-43(41)59-26-28-15-29(17-34(16-28)58-14-8-7-13-45(52)53)27-60-44-23-38-36(21-42(44)57-2)47(55)51-33(25-49-38)19-31-10-4-6-12-40(31)51/h4-7,10-13,16-18,21-26,33-34H,8-9,14-15,19-20,27-28H2,1-3H3;3-6,9-12,15-17,20-25,32-33H,7-8,13-14,18-19,26-27H2,1-2H3,(H,52,53)/t33-,34-;32-,33-/m00/s1. The molecule has 0 aliphatic carbocycles. The van der Waals surface area contributed by atoms with Crippen molar-refractivity contribution in [3.05, 3.63) is 249 Å². The normalized spacial score (nSPS) is 16.7. The molecule has 0 bridgehead atoms. The molecule has 26 heteroatoms. The first-order chi connectivity index (χ1) is 59.1. The highest BCUT2D eigenvalue weighted by atomic mass is 16.5. The number of para-hydroxylation sites is 4. The van der Waals surface area contributed by atoms with Gasteiger partial charge in [-0.2, -0.15) is 0 Å². The highest BCUT2D eigenvalue weighted by molar-refractivity contribution is 6.18. The predicted molar refractivity (Wildman–Crippen MR) is 456 cm³/mol. The number of benzene rings is 10. The minimum absolute atomic E-state index is 0.0603. The average Bonchev–Trinajstić information content (AvgIpc) is 1.64. The second-order valence-electron chi connectivity index (χ2n) is 30.2. The molecule has 10 aromatic rings. The monoisotopic (exact) mass is 1630 g/mol. The number of amides is 4. The molecule has 8 aliphatic heterocycles. The van der Waals surface area contributed by atoms with Crippen molar-refractivity contribution in [1.82, 2.24) is 0 Å². The number of hydrogen-bond acceptors (Lipinski definition) is 21. The van der Waals surface area contributed by atoms with E-state index in [9.17, 15) is 28.8 Å². The van der Waals surface area contributed by atoms with Crippen LogP contribution in [0.15, 0.2) is 202 Å². The summed E-state index contributed by atoms with van der Waals surface area (Å²) in [6.07, 6.45) is 12.7. The summed E-state index contributed by atoms with van der Waals surface area (Å²) in [6, 6.07) is 55.9. The zero-order valence-corrected chi connectivity index (χ0v) is 67.2. The lowest BCUT2D eigenvalue weighted by atomic mass is 10.1. The quantitative estimate of drug-likeness (QED) is 0.0352. The number of carbonyl (C=O) groups excluding carboxylic acids is 5. The number of aliphatic carboxylic acids is 1. The van der Waals surface area contributed by atoms with Gasteiger partial charge in [0.2, 0.25) is 0 Å². The molecule has 4 atom stereocenters. The first kappa shape index (κ1) is 79.2. The summed E-state index contributed by atoms with van der Waals surface area (Å²) < 4.78 is 65.5. The van der Waals surface area contributed by atoms with Crippen LogP contribution in [0.4, 0.5) is 45.5 Å². The van der Waals surface area contributed by atoms with Crippen molar-refractivity contribution in [2.45, 2.75) is 115 Å². The summed E-state index contributed by atoms with van der Waals surface area (Å²) >= 11 is 0. The number of carbonyl (C=O) groups is 6. The molecule has 10 aromatic carbocycles. The lowest BCUT2D eigenvalue weighted by Gasteiger charge is -2.22. The lowest BCUT2D eigenvalue weighted by Crippen LogP contribution is -2.37. The van der Waals surface area contributed by atoms with Crippen molar-refractivity contribution < 1.29 is 86.0 Å². The summed E-state index contributed by atoms with van der Waals surface area (Å²) in [7, 11) is 7.51. The molecule has 0 unspecified atom stereocenters. The Labute approximate surface area is 697 Å². The molecule has 0 aromatic heterocycles. The highest BCUT2D eigenvalue weighted by Gasteiger charge is 2.42. The highest BCUT2D eigenvalue weighted by Crippen LogP contribution is 2.47. The first-order valence-corrected chi connectivity index (χ1v) is 40.1. The maximum absolute atomic E-state index is 13.9. The van der Waals surface area contributed by atoms with Crippen LogP contribution < -0.4 is 67.0 Å². The van der Waals surface area contributed by atoms with Gasteiger partial charge in [0.1, 0.15) is 37.9 Å². The van der Waals surface area contributed by atoms with Gasteiger partial charge in [-0.1, -0.05) is 72.8 Å². The van der Waals surface area contributed by atoms with Gasteiger partial charge in [-0.05, 0) is 155 Å². The van der Waals surface area contributed by atoms with Crippen molar-refractivity contribution >= 4 is 106 Å². The molecule has 0 spiro atoms. The van der Waals surface area contributed by atoms with Crippen molar-refractivity contribution in [3.63, 3.8) is 0 Å². The predicted octanol–water partition coefficient (Wildman–Crippen LogP) is 16.2. The number of carboxylic acid groups (broad SMARTS) is 1. The molecule has 26 nitrogen and oxygen atoms in total. The van der Waals surface area contributed by atoms with Gasteiger partial charge < -0.3 is 57.2 Å². The molecule has 0 radical (unpaired) electrons. The lowest BCUT2D eigenvalue weighted by molar-refractivity contribution is -0.141. The Balaban J connectivity index is 0.000000172. The molecule has 121 heavy (non-hydrogen) atoms. The second kappa shape index (κ2) is 34.7. The summed E-state index contributed by atoms with van der Waals surface area (Å²) in [5.41, 5.74) is 14.7. The van der Waals surface area contributed by atoms with Crippen LogP contribution in [0.5, 0.6) is 57.5 Å². The van der Waals surface area contributed by atoms with E-state index in [1.54, 1.807) is 68.1 Å². The molecule has 0 saturated carbocycles. The number of rotatable bonds is 28. The number of unbranched alkanes of at least 4 members (excludes halogenated alkanes) is 2. The van der Waals surface area contributed by atoms with E-state index < -0.39 is 5.97 Å². The first-order valence-electron chi connectivity index (χ1n) is 40.1. The number of fused-ring (bicyclic) bond motifs is 16. The van der Waals surface area contributed by atoms with Gasteiger partial charge in [0.05, 0.1) is 118 Å². The zero-order valence-electron chi connectivity index (χ0n) is 67.2. The molecule has 1 N–H and O–H groups in total. The Morgan fingerprint density at radius 1 is 0.339 bits per heavy atom. The number of aliphatic imine (C=N–C) groups is 4. The third-order valence-electron chi connectivity index (χ3n) is 22.5. The van der Waals surface area contributed by atoms with Gasteiger partial charge >= 0.3 is 11.9 Å². The number of anilines is 4. The van der Waals surface area contributed by atoms with Crippen molar-refractivity contribution in [2.75, 3.05) is 68.4 Å². The van der Waals surface area contributed by atoms with Gasteiger partial charge in [0.15, 0.2) is 46.0 Å². The minimum Gasteiger partial charge on any atom is -0.494 e. The van der Waals surface area contributed by atoms with Crippen LogP contribution in [0.3, 0.4) is 0 Å². The van der Waals surface area contributed by atoms with E-state index in [0.29, 0.717) is 173 Å². The molecule has 0 fully saturated rings. The van der Waals surface area contributed by atoms with Crippen molar-refractivity contribution in [3.8, 4) is 57.5 Å². The van der Waals surface area contributed by atoms with Gasteiger partial charge in [-0.25, -0.2) is 0 Å². The largest absolute Gasteiger partial charge is 0.494 e. The molecule has 614 valence electrons. The van der Waals surface area contributed by atoms with Gasteiger partial charge in [-0.15, -0.1) is 0 Å². The molecule has 8 aliphatic rings. The Bertz CT molecular complexity index is 5580. The van der Waals surface area contributed by atoms with Crippen LogP contribution in [0.25, 0.3) is 0 Å². The minimum atomic E-state index is -0.850. The van der Waals surface area contributed by atoms with Gasteiger partial charge in [0.25, 0.3) is 23.6 Å². The van der Waals surface area contributed by atoms with E-state index in [0.717, 1.165) is 67.3 Å². The van der Waals surface area contributed by atoms with Crippen molar-refractivity contribution in [1.29, 1.82) is 0 Å². The second-order valence-corrected chi connectivity index (χ2v) is 30.2. The fourth-order valence-electron chi connectivity index (χ4n) is 16.6. The number of esters is 1. The molecule has 8 heterocycles. The third kappa shape index (κ3) is 16.3. The topological polar surface area (TPSA) is 287 Å². The smallest absolute Gasteiger partial charge is 0.305 e. The van der Waals surface area contributed by atoms with E-state index in [2.05, 4.69) is 0 Å². The Morgan fingerprint density at radius 2 is 0.612 bits per heavy atom. The molecular weight excluding hydrogens is 1540 g/mol. The fraction of sp³-hybridized carbons (Fsp3) is 0.263. The van der Waals surface area contributed by atoms with E-state index in [1.807, 2.05) is 158 Å². The SMILES string of the molecule is COC(=O)CCCCOc1cc(COc2cc3c(cc2OC)C(=O)N2c4ccccc4C[C@H]2C=N3)cc(COc2cc3c(cc2OC)C(=O)N2c4ccccc4C[C@H]2C=N3)c1.COc1cc2c(cc1OCc1cc(COc3cc4c(cc3OC)C(=O)N3c5ccccc5C[C@H]3C=N4)cc(OCCCCC(=O)O)c1)N=C[C@@H]1Cc3ccccc3N1C2=O. The van der Waals surface area contributed by atoms with E-state index in [1.165, 1.54) is 35.5 Å². The summed E-state index contributed by atoms with van der Waals surface area (Å²) in [5, 5.41) is 9.07. The summed E-state index contributed by atoms with van der Waals surface area (Å²) in [6.45, 7) is 1.17. The Hall–Kier alpha value is -14.3. The van der Waals surface area contributed by atoms with E-state index >= 15 is 0 Å². The van der Waals surface area contributed by atoms with Crippen LogP contribution in [0.1, 0.15) is 124 Å².